The van der Waals surface area contributed by atoms with Gasteiger partial charge in [-0.3, -0.25) is 4.79 Å². The van der Waals surface area contributed by atoms with Crippen LogP contribution in [0.5, 0.6) is 0 Å². The maximum Gasteiger partial charge on any atom is 0.264 e. The monoisotopic (exact) mass is 300 g/mol. The Bertz CT molecular complexity index is 601. The standard InChI is InChI=1S/C18H24N2O2/c1-18(2,3)16-11-15(22-20-16)17(21)19-14-10-6-8-12-7-4-5-9-13(12)14/h4-5,7,9,14-15H,6,8,10-11H2,1-3H3,(H,19,21)/t14-,15?/m1/s1. The number of hydrogen-bond donors (Lipinski definition) is 1. The normalized spacial score (nSPS) is 24.2. The largest absolute Gasteiger partial charge is 0.382 e. The first-order valence-corrected chi connectivity index (χ1v) is 8.06. The molecule has 1 aromatic carbocycles. The van der Waals surface area contributed by atoms with Gasteiger partial charge < -0.3 is 10.2 Å². The third kappa shape index (κ3) is 3.01. The molecular weight excluding hydrogens is 276 g/mol. The van der Waals surface area contributed by atoms with Gasteiger partial charge in [0.25, 0.3) is 5.91 Å². The number of aryl methyl sites for hydroxylation is 1. The highest BCUT2D eigenvalue weighted by Gasteiger charge is 2.35. The summed E-state index contributed by atoms with van der Waals surface area (Å²) in [5.74, 6) is -0.0512. The summed E-state index contributed by atoms with van der Waals surface area (Å²) in [6, 6.07) is 8.47. The minimum atomic E-state index is -0.483. The van der Waals surface area contributed by atoms with Crippen molar-refractivity contribution in [2.24, 2.45) is 10.6 Å². The molecule has 22 heavy (non-hydrogen) atoms. The Hall–Kier alpha value is -1.84. The van der Waals surface area contributed by atoms with Crippen molar-refractivity contribution in [2.45, 2.75) is 58.6 Å². The van der Waals surface area contributed by atoms with Crippen LogP contribution in [0.1, 0.15) is 57.2 Å². The van der Waals surface area contributed by atoms with Crippen LogP contribution < -0.4 is 5.32 Å². The minimum absolute atomic E-state index is 0.0491. The molecule has 1 unspecified atom stereocenters. The highest BCUT2D eigenvalue weighted by Crippen LogP contribution is 2.30. The summed E-state index contributed by atoms with van der Waals surface area (Å²) in [5, 5.41) is 7.25. The fourth-order valence-electron chi connectivity index (χ4n) is 3.13. The number of rotatable bonds is 2. The van der Waals surface area contributed by atoms with Gasteiger partial charge in [0.05, 0.1) is 11.8 Å². The van der Waals surface area contributed by atoms with Crippen LogP contribution in [0.2, 0.25) is 0 Å². The van der Waals surface area contributed by atoms with E-state index in [1.54, 1.807) is 0 Å². The van der Waals surface area contributed by atoms with Gasteiger partial charge in [0.1, 0.15) is 0 Å². The zero-order valence-corrected chi connectivity index (χ0v) is 13.6. The molecule has 1 aromatic rings. The molecule has 0 radical (unpaired) electrons. The highest BCUT2D eigenvalue weighted by atomic mass is 16.6. The van der Waals surface area contributed by atoms with E-state index in [1.165, 1.54) is 11.1 Å². The van der Waals surface area contributed by atoms with E-state index in [9.17, 15) is 4.79 Å². The number of benzene rings is 1. The summed E-state index contributed by atoms with van der Waals surface area (Å²) in [4.78, 5) is 17.8. The maximum atomic E-state index is 12.5. The first-order valence-electron chi connectivity index (χ1n) is 8.06. The van der Waals surface area contributed by atoms with Crippen molar-refractivity contribution >= 4 is 11.6 Å². The molecule has 0 spiro atoms. The summed E-state index contributed by atoms with van der Waals surface area (Å²) in [6.07, 6.45) is 3.30. The Kier molecular flexibility index (Phi) is 3.94. The number of nitrogens with one attached hydrogen (secondary N) is 1. The van der Waals surface area contributed by atoms with Crippen LogP contribution in [0.25, 0.3) is 0 Å². The lowest BCUT2D eigenvalue weighted by Gasteiger charge is -2.27. The molecule has 4 heteroatoms. The zero-order chi connectivity index (χ0) is 15.7. The summed E-state index contributed by atoms with van der Waals surface area (Å²) in [5.41, 5.74) is 3.50. The van der Waals surface area contributed by atoms with Gasteiger partial charge in [0, 0.05) is 11.8 Å². The lowest BCUT2D eigenvalue weighted by Crippen LogP contribution is -2.39. The molecule has 1 amide bonds. The van der Waals surface area contributed by atoms with Crippen molar-refractivity contribution in [1.82, 2.24) is 5.32 Å². The van der Waals surface area contributed by atoms with Gasteiger partial charge in [-0.1, -0.05) is 50.2 Å². The minimum Gasteiger partial charge on any atom is -0.382 e. The Morgan fingerprint density at radius 3 is 2.82 bits per heavy atom. The summed E-state index contributed by atoms with van der Waals surface area (Å²) in [6.45, 7) is 6.27. The topological polar surface area (TPSA) is 50.7 Å². The predicted octanol–water partition coefficient (Wildman–Crippen LogP) is 3.37. The average Bonchev–Trinajstić information content (AvgIpc) is 2.98. The lowest BCUT2D eigenvalue weighted by atomic mass is 9.86. The second-order valence-electron chi connectivity index (χ2n) is 7.24. The Morgan fingerprint density at radius 2 is 2.09 bits per heavy atom. The summed E-state index contributed by atoms with van der Waals surface area (Å²) < 4.78 is 0. The van der Waals surface area contributed by atoms with Crippen molar-refractivity contribution in [3.8, 4) is 0 Å². The van der Waals surface area contributed by atoms with Crippen LogP contribution in [0, 0.1) is 5.41 Å². The van der Waals surface area contributed by atoms with Gasteiger partial charge in [-0.15, -0.1) is 0 Å². The third-order valence-corrected chi connectivity index (χ3v) is 4.51. The van der Waals surface area contributed by atoms with Crippen molar-refractivity contribution < 1.29 is 9.63 Å². The van der Waals surface area contributed by atoms with Gasteiger partial charge in [0.2, 0.25) is 6.10 Å². The van der Waals surface area contributed by atoms with E-state index in [-0.39, 0.29) is 17.4 Å². The first kappa shape index (κ1) is 15.1. The zero-order valence-electron chi connectivity index (χ0n) is 13.6. The SMILES string of the molecule is CC(C)(C)C1=NOC(C(=O)N[C@@H]2CCCc3ccccc32)C1. The Labute approximate surface area is 131 Å². The highest BCUT2D eigenvalue weighted by molar-refractivity contribution is 5.95. The lowest BCUT2D eigenvalue weighted by molar-refractivity contribution is -0.132. The van der Waals surface area contributed by atoms with Gasteiger partial charge in [-0.2, -0.15) is 0 Å². The van der Waals surface area contributed by atoms with Crippen LogP contribution in [0.15, 0.2) is 29.4 Å². The molecule has 1 N–H and O–H groups in total. The maximum absolute atomic E-state index is 12.5. The molecule has 2 atom stereocenters. The molecule has 0 bridgehead atoms. The van der Waals surface area contributed by atoms with Crippen LogP contribution in [-0.2, 0) is 16.1 Å². The van der Waals surface area contributed by atoms with Crippen molar-refractivity contribution in [2.75, 3.05) is 0 Å². The number of amides is 1. The average molecular weight is 300 g/mol. The van der Waals surface area contributed by atoms with E-state index in [1.807, 2.05) is 6.07 Å². The van der Waals surface area contributed by atoms with Crippen molar-refractivity contribution in [3.63, 3.8) is 0 Å². The first-order chi connectivity index (χ1) is 10.4. The van der Waals surface area contributed by atoms with E-state index in [0.717, 1.165) is 25.0 Å². The number of nitrogens with zero attached hydrogens (tertiary/aromatic N) is 1. The molecule has 1 aliphatic carbocycles. The molecule has 0 fully saturated rings. The smallest absolute Gasteiger partial charge is 0.264 e. The van der Waals surface area contributed by atoms with E-state index in [0.29, 0.717) is 6.42 Å². The van der Waals surface area contributed by atoms with Crippen LogP contribution in [-0.4, -0.2) is 17.7 Å². The summed E-state index contributed by atoms with van der Waals surface area (Å²) >= 11 is 0. The van der Waals surface area contributed by atoms with E-state index >= 15 is 0 Å². The van der Waals surface area contributed by atoms with E-state index in [4.69, 9.17) is 4.84 Å². The molecular formula is C18H24N2O2. The Morgan fingerprint density at radius 1 is 1.32 bits per heavy atom. The van der Waals surface area contributed by atoms with Gasteiger partial charge >= 0.3 is 0 Å². The second kappa shape index (κ2) is 5.75. The number of carbonyl (C=O) groups excluding carboxylic acids is 1. The molecule has 0 saturated carbocycles. The van der Waals surface area contributed by atoms with Gasteiger partial charge in [0.15, 0.2) is 0 Å². The molecule has 3 rings (SSSR count). The molecule has 0 saturated heterocycles. The quantitative estimate of drug-likeness (QED) is 0.910. The van der Waals surface area contributed by atoms with E-state index < -0.39 is 6.10 Å². The molecule has 1 heterocycles. The van der Waals surface area contributed by atoms with Crippen LogP contribution in [0.4, 0.5) is 0 Å². The van der Waals surface area contributed by atoms with Crippen LogP contribution in [0.3, 0.4) is 0 Å². The summed E-state index contributed by atoms with van der Waals surface area (Å²) in [7, 11) is 0. The van der Waals surface area contributed by atoms with Gasteiger partial charge in [-0.05, 0) is 30.4 Å². The molecule has 0 aromatic heterocycles. The van der Waals surface area contributed by atoms with Gasteiger partial charge in [-0.25, -0.2) is 0 Å². The molecule has 118 valence electrons. The number of carbonyl (C=O) groups is 1. The number of hydrogen-bond acceptors (Lipinski definition) is 3. The predicted molar refractivity (Wildman–Crippen MR) is 86.6 cm³/mol. The second-order valence-corrected chi connectivity index (χ2v) is 7.24. The van der Waals surface area contributed by atoms with Crippen molar-refractivity contribution in [3.05, 3.63) is 35.4 Å². The third-order valence-electron chi connectivity index (χ3n) is 4.51. The molecule has 4 nitrogen and oxygen atoms in total. The Balaban J connectivity index is 1.65. The molecule has 1 aliphatic heterocycles. The number of fused-ring (bicyclic) bond motifs is 1. The fourth-order valence-corrected chi connectivity index (χ4v) is 3.13. The van der Waals surface area contributed by atoms with Crippen molar-refractivity contribution in [1.29, 1.82) is 0 Å². The molecule has 2 aliphatic rings. The number of oxime groups is 1. The van der Waals surface area contributed by atoms with Crippen LogP contribution >= 0.6 is 0 Å². The van der Waals surface area contributed by atoms with E-state index in [2.05, 4.69) is 49.4 Å². The fraction of sp³-hybridized carbons (Fsp3) is 0.556.